The molecule has 0 spiro atoms. The summed E-state index contributed by atoms with van der Waals surface area (Å²) in [6.45, 7) is 2.90. The van der Waals surface area contributed by atoms with Gasteiger partial charge in [-0.1, -0.05) is 54.9 Å². The zero-order valence-electron chi connectivity index (χ0n) is 17.4. The SMILES string of the molecule is CCCCOc1ccc(-c2nnc(SCc3csc(-c4ccccc4Cl)n3)n2C)cc1. The predicted octanol–water partition coefficient (Wildman–Crippen LogP) is 6.73. The third kappa shape index (κ3) is 5.29. The van der Waals surface area contributed by atoms with E-state index in [0.717, 1.165) is 68.8 Å². The van der Waals surface area contributed by atoms with Gasteiger partial charge in [-0.2, -0.15) is 0 Å². The maximum Gasteiger partial charge on any atom is 0.191 e. The third-order valence-electron chi connectivity index (χ3n) is 4.72. The minimum atomic E-state index is 0.718. The second kappa shape index (κ2) is 10.3. The van der Waals surface area contributed by atoms with E-state index in [1.54, 1.807) is 23.1 Å². The van der Waals surface area contributed by atoms with Crippen LogP contribution in [0.4, 0.5) is 0 Å². The van der Waals surface area contributed by atoms with Crippen molar-refractivity contribution in [2.75, 3.05) is 6.61 Å². The first-order valence-corrected chi connectivity index (χ1v) is 12.3. The molecule has 2 heterocycles. The normalized spacial score (nSPS) is 11.1. The Labute approximate surface area is 195 Å². The Hall–Kier alpha value is -2.35. The molecule has 0 bridgehead atoms. The highest BCUT2D eigenvalue weighted by Gasteiger charge is 2.13. The summed E-state index contributed by atoms with van der Waals surface area (Å²) >= 11 is 9.52. The fourth-order valence-corrected chi connectivity index (χ4v) is 5.05. The largest absolute Gasteiger partial charge is 0.494 e. The summed E-state index contributed by atoms with van der Waals surface area (Å²) in [5.74, 6) is 2.43. The molecule has 0 N–H and O–H groups in total. The van der Waals surface area contributed by atoms with Crippen LogP contribution in [0.5, 0.6) is 5.75 Å². The number of aromatic nitrogens is 4. The number of nitrogens with zero attached hydrogens (tertiary/aromatic N) is 4. The van der Waals surface area contributed by atoms with Crippen molar-refractivity contribution < 1.29 is 4.74 Å². The van der Waals surface area contributed by atoms with Crippen molar-refractivity contribution in [1.29, 1.82) is 0 Å². The van der Waals surface area contributed by atoms with Crippen LogP contribution in [0.25, 0.3) is 22.0 Å². The van der Waals surface area contributed by atoms with E-state index < -0.39 is 0 Å². The second-order valence-electron chi connectivity index (χ2n) is 7.00. The van der Waals surface area contributed by atoms with Crippen molar-refractivity contribution in [3.05, 3.63) is 64.6 Å². The molecule has 31 heavy (non-hydrogen) atoms. The van der Waals surface area contributed by atoms with Crippen LogP contribution in [0.3, 0.4) is 0 Å². The summed E-state index contributed by atoms with van der Waals surface area (Å²) in [5.41, 5.74) is 2.98. The van der Waals surface area contributed by atoms with Crippen LogP contribution in [0.15, 0.2) is 59.1 Å². The number of thiazole rings is 1. The van der Waals surface area contributed by atoms with Gasteiger partial charge in [0.1, 0.15) is 10.8 Å². The smallest absolute Gasteiger partial charge is 0.191 e. The first-order chi connectivity index (χ1) is 15.2. The average molecular weight is 471 g/mol. The maximum atomic E-state index is 6.30. The molecule has 160 valence electrons. The minimum Gasteiger partial charge on any atom is -0.494 e. The summed E-state index contributed by atoms with van der Waals surface area (Å²) in [6.07, 6.45) is 2.18. The fourth-order valence-electron chi connectivity index (χ4n) is 3.00. The number of benzene rings is 2. The van der Waals surface area contributed by atoms with Gasteiger partial charge < -0.3 is 9.30 Å². The molecule has 4 rings (SSSR count). The molecule has 2 aromatic carbocycles. The van der Waals surface area contributed by atoms with Crippen molar-refractivity contribution in [1.82, 2.24) is 19.7 Å². The average Bonchev–Trinajstić information content (AvgIpc) is 3.40. The van der Waals surface area contributed by atoms with Crippen LogP contribution in [0, 0.1) is 0 Å². The van der Waals surface area contributed by atoms with Gasteiger partial charge in [0.15, 0.2) is 11.0 Å². The first-order valence-electron chi connectivity index (χ1n) is 10.1. The van der Waals surface area contributed by atoms with E-state index in [2.05, 4.69) is 22.5 Å². The molecule has 0 aliphatic carbocycles. The topological polar surface area (TPSA) is 52.8 Å². The van der Waals surface area contributed by atoms with Gasteiger partial charge in [-0.3, -0.25) is 0 Å². The van der Waals surface area contributed by atoms with Gasteiger partial charge in [-0.15, -0.1) is 21.5 Å². The predicted molar refractivity (Wildman–Crippen MR) is 129 cm³/mol. The lowest BCUT2D eigenvalue weighted by Crippen LogP contribution is -1.97. The molecule has 0 aliphatic heterocycles. The zero-order valence-corrected chi connectivity index (χ0v) is 19.8. The zero-order chi connectivity index (χ0) is 21.6. The minimum absolute atomic E-state index is 0.718. The number of rotatable bonds is 9. The molecule has 0 saturated carbocycles. The number of hydrogen-bond acceptors (Lipinski definition) is 6. The Morgan fingerprint density at radius 1 is 1.10 bits per heavy atom. The molecule has 0 amide bonds. The summed E-state index contributed by atoms with van der Waals surface area (Å²) < 4.78 is 7.75. The molecule has 0 radical (unpaired) electrons. The van der Waals surface area contributed by atoms with Crippen LogP contribution in [-0.4, -0.2) is 26.4 Å². The van der Waals surface area contributed by atoms with Gasteiger partial charge in [-0.05, 0) is 36.8 Å². The summed E-state index contributed by atoms with van der Waals surface area (Å²) in [7, 11) is 1.99. The van der Waals surface area contributed by atoms with Crippen LogP contribution in [0.2, 0.25) is 5.02 Å². The highest BCUT2D eigenvalue weighted by atomic mass is 35.5. The van der Waals surface area contributed by atoms with Crippen LogP contribution < -0.4 is 4.74 Å². The quantitative estimate of drug-likeness (QED) is 0.200. The number of unbranched alkanes of at least 4 members (excludes halogenated alkanes) is 1. The Morgan fingerprint density at radius 2 is 1.90 bits per heavy atom. The molecule has 4 aromatic rings. The highest BCUT2D eigenvalue weighted by Crippen LogP contribution is 2.32. The van der Waals surface area contributed by atoms with E-state index in [1.807, 2.05) is 60.1 Å². The van der Waals surface area contributed by atoms with Crippen molar-refractivity contribution in [2.45, 2.75) is 30.7 Å². The van der Waals surface area contributed by atoms with E-state index in [9.17, 15) is 0 Å². The van der Waals surface area contributed by atoms with Crippen molar-refractivity contribution in [2.24, 2.45) is 7.05 Å². The molecular weight excluding hydrogens is 448 g/mol. The molecule has 8 heteroatoms. The number of halogens is 1. The molecule has 0 saturated heterocycles. The molecule has 0 unspecified atom stereocenters. The van der Waals surface area contributed by atoms with Gasteiger partial charge in [0.05, 0.1) is 17.3 Å². The Balaban J connectivity index is 1.41. The molecule has 0 fully saturated rings. The van der Waals surface area contributed by atoms with Gasteiger partial charge in [0.2, 0.25) is 0 Å². The molecule has 2 aromatic heterocycles. The Bertz CT molecular complexity index is 1140. The number of ether oxygens (including phenoxy) is 1. The molecular formula is C23H23ClN4OS2. The fraction of sp³-hybridized carbons (Fsp3) is 0.261. The Kier molecular flexibility index (Phi) is 7.27. The summed E-state index contributed by atoms with van der Waals surface area (Å²) in [6, 6.07) is 15.8. The van der Waals surface area contributed by atoms with Crippen molar-refractivity contribution in [3.8, 4) is 27.7 Å². The lowest BCUT2D eigenvalue weighted by atomic mass is 10.2. The van der Waals surface area contributed by atoms with Crippen LogP contribution in [0.1, 0.15) is 25.5 Å². The molecule has 5 nitrogen and oxygen atoms in total. The van der Waals surface area contributed by atoms with E-state index in [0.29, 0.717) is 0 Å². The number of hydrogen-bond donors (Lipinski definition) is 0. The highest BCUT2D eigenvalue weighted by molar-refractivity contribution is 7.98. The van der Waals surface area contributed by atoms with Crippen LogP contribution >= 0.6 is 34.7 Å². The van der Waals surface area contributed by atoms with Gasteiger partial charge in [-0.25, -0.2) is 4.98 Å². The maximum absolute atomic E-state index is 6.30. The molecule has 0 aliphatic rings. The third-order valence-corrected chi connectivity index (χ3v) is 7.03. The van der Waals surface area contributed by atoms with E-state index in [-0.39, 0.29) is 0 Å². The standard InChI is InChI=1S/C23H23ClN4OS2/c1-3-4-13-29-18-11-9-16(10-12-18)21-26-27-23(28(21)2)31-15-17-14-30-22(25-17)19-7-5-6-8-20(19)24/h5-12,14H,3-4,13,15H2,1-2H3. The monoisotopic (exact) mass is 470 g/mol. The summed E-state index contributed by atoms with van der Waals surface area (Å²) in [4.78, 5) is 4.73. The lowest BCUT2D eigenvalue weighted by molar-refractivity contribution is 0.309. The van der Waals surface area contributed by atoms with Crippen molar-refractivity contribution in [3.63, 3.8) is 0 Å². The van der Waals surface area contributed by atoms with Gasteiger partial charge >= 0.3 is 0 Å². The van der Waals surface area contributed by atoms with E-state index in [4.69, 9.17) is 21.3 Å². The molecule has 0 atom stereocenters. The van der Waals surface area contributed by atoms with Crippen molar-refractivity contribution >= 4 is 34.7 Å². The van der Waals surface area contributed by atoms with E-state index in [1.165, 1.54) is 0 Å². The summed E-state index contributed by atoms with van der Waals surface area (Å²) in [5, 5.41) is 13.3. The van der Waals surface area contributed by atoms with Gasteiger partial charge in [0, 0.05) is 29.3 Å². The lowest BCUT2D eigenvalue weighted by Gasteiger charge is -2.07. The first kappa shape index (κ1) is 21.9. The second-order valence-corrected chi connectivity index (χ2v) is 9.21. The van der Waals surface area contributed by atoms with E-state index >= 15 is 0 Å². The van der Waals surface area contributed by atoms with Crippen LogP contribution in [-0.2, 0) is 12.8 Å². The number of thioether (sulfide) groups is 1. The van der Waals surface area contributed by atoms with Gasteiger partial charge in [0.25, 0.3) is 0 Å². The Morgan fingerprint density at radius 3 is 2.68 bits per heavy atom.